The maximum atomic E-state index is 5.85. The standard InChI is InChI=1S/C19H20ClN3O/c20-14-9-11-15(12-10-14)24-13-5-1-2-7-17-16-6-3-4-8-18(16)23-19(21)22-17/h3-4,6,8-12H,1-2,5,7,13H2,(H2,21,22,23). The molecule has 3 aromatic rings. The second-order valence-corrected chi connectivity index (χ2v) is 6.10. The zero-order valence-electron chi connectivity index (χ0n) is 13.4. The number of hydrogen-bond donors (Lipinski definition) is 1. The number of nitrogens with two attached hydrogens (primary N) is 1. The molecule has 0 saturated carbocycles. The average molecular weight is 342 g/mol. The molecule has 0 fully saturated rings. The Labute approximate surface area is 146 Å². The van der Waals surface area contributed by atoms with Crippen molar-refractivity contribution in [2.24, 2.45) is 0 Å². The lowest BCUT2D eigenvalue weighted by atomic mass is 10.1. The third-order valence-electron chi connectivity index (χ3n) is 3.84. The van der Waals surface area contributed by atoms with E-state index in [0.29, 0.717) is 12.6 Å². The van der Waals surface area contributed by atoms with Gasteiger partial charge >= 0.3 is 0 Å². The monoisotopic (exact) mass is 341 g/mol. The summed E-state index contributed by atoms with van der Waals surface area (Å²) in [6.45, 7) is 0.703. The van der Waals surface area contributed by atoms with Crippen LogP contribution < -0.4 is 10.5 Å². The summed E-state index contributed by atoms with van der Waals surface area (Å²) in [6.07, 6.45) is 4.02. The van der Waals surface area contributed by atoms with E-state index in [1.165, 1.54) is 0 Å². The summed E-state index contributed by atoms with van der Waals surface area (Å²) in [5, 5.41) is 1.81. The van der Waals surface area contributed by atoms with Crippen molar-refractivity contribution in [3.05, 3.63) is 59.2 Å². The van der Waals surface area contributed by atoms with Gasteiger partial charge < -0.3 is 10.5 Å². The van der Waals surface area contributed by atoms with E-state index in [-0.39, 0.29) is 0 Å². The zero-order valence-corrected chi connectivity index (χ0v) is 14.2. The summed E-state index contributed by atoms with van der Waals surface area (Å²) < 4.78 is 5.70. The van der Waals surface area contributed by atoms with Crippen molar-refractivity contribution in [2.75, 3.05) is 12.3 Å². The first-order valence-corrected chi connectivity index (χ1v) is 8.50. The Morgan fingerprint density at radius 2 is 1.71 bits per heavy atom. The number of hydrogen-bond acceptors (Lipinski definition) is 4. The van der Waals surface area contributed by atoms with E-state index in [9.17, 15) is 0 Å². The predicted molar refractivity (Wildman–Crippen MR) is 98.5 cm³/mol. The van der Waals surface area contributed by atoms with Crippen molar-refractivity contribution in [2.45, 2.75) is 25.7 Å². The Morgan fingerprint density at radius 3 is 2.54 bits per heavy atom. The summed E-state index contributed by atoms with van der Waals surface area (Å²) in [5.74, 6) is 1.20. The first-order valence-electron chi connectivity index (χ1n) is 8.12. The molecule has 3 rings (SSSR count). The quantitative estimate of drug-likeness (QED) is 0.635. The van der Waals surface area contributed by atoms with Gasteiger partial charge in [0.05, 0.1) is 17.8 Å². The van der Waals surface area contributed by atoms with Crippen LogP contribution in [0.3, 0.4) is 0 Å². The van der Waals surface area contributed by atoms with Crippen LogP contribution in [0.25, 0.3) is 10.9 Å². The number of halogens is 1. The van der Waals surface area contributed by atoms with E-state index in [1.54, 1.807) is 0 Å². The Bertz CT molecular complexity index is 805. The van der Waals surface area contributed by atoms with Crippen LogP contribution in [0.15, 0.2) is 48.5 Å². The molecule has 5 heteroatoms. The number of rotatable bonds is 7. The number of anilines is 1. The molecule has 124 valence electrons. The third kappa shape index (κ3) is 4.36. The Balaban J connectivity index is 1.46. The fourth-order valence-electron chi connectivity index (χ4n) is 2.64. The number of ether oxygens (including phenoxy) is 1. The highest BCUT2D eigenvalue weighted by Crippen LogP contribution is 2.19. The summed E-state index contributed by atoms with van der Waals surface area (Å²) in [6, 6.07) is 15.4. The van der Waals surface area contributed by atoms with Crippen molar-refractivity contribution < 1.29 is 4.74 Å². The molecule has 0 unspecified atom stereocenters. The van der Waals surface area contributed by atoms with Gasteiger partial charge in [-0.25, -0.2) is 9.97 Å². The normalized spacial score (nSPS) is 10.9. The maximum Gasteiger partial charge on any atom is 0.220 e. The van der Waals surface area contributed by atoms with Crippen molar-refractivity contribution in [1.29, 1.82) is 0 Å². The number of aromatic nitrogens is 2. The molecule has 0 aliphatic carbocycles. The molecule has 2 N–H and O–H groups in total. The molecule has 0 radical (unpaired) electrons. The second kappa shape index (κ2) is 7.97. The Kier molecular flexibility index (Phi) is 5.49. The number of benzene rings is 2. The smallest absolute Gasteiger partial charge is 0.220 e. The molecule has 2 aromatic carbocycles. The molecule has 0 aliphatic heterocycles. The van der Waals surface area contributed by atoms with E-state index in [4.69, 9.17) is 22.1 Å². The summed E-state index contributed by atoms with van der Waals surface area (Å²) in [5.41, 5.74) is 7.73. The lowest BCUT2D eigenvalue weighted by Crippen LogP contribution is -2.02. The highest BCUT2D eigenvalue weighted by Gasteiger charge is 2.05. The highest BCUT2D eigenvalue weighted by atomic mass is 35.5. The molecule has 1 aromatic heterocycles. The zero-order chi connectivity index (χ0) is 16.8. The van der Waals surface area contributed by atoms with Crippen LogP contribution in [0.5, 0.6) is 5.75 Å². The van der Waals surface area contributed by atoms with Crippen molar-refractivity contribution in [3.63, 3.8) is 0 Å². The van der Waals surface area contributed by atoms with E-state index in [1.807, 2.05) is 48.5 Å². The molecule has 0 atom stereocenters. The van der Waals surface area contributed by atoms with Crippen LogP contribution in [0, 0.1) is 0 Å². The van der Waals surface area contributed by atoms with E-state index < -0.39 is 0 Å². The van der Waals surface area contributed by atoms with Gasteiger partial charge in [-0.2, -0.15) is 0 Å². The second-order valence-electron chi connectivity index (χ2n) is 5.66. The topological polar surface area (TPSA) is 61.0 Å². The van der Waals surface area contributed by atoms with Gasteiger partial charge in [-0.3, -0.25) is 0 Å². The molecular weight excluding hydrogens is 322 g/mol. The van der Waals surface area contributed by atoms with Gasteiger partial charge in [0.25, 0.3) is 0 Å². The molecule has 4 nitrogen and oxygen atoms in total. The largest absolute Gasteiger partial charge is 0.494 e. The Morgan fingerprint density at radius 1 is 0.917 bits per heavy atom. The van der Waals surface area contributed by atoms with Crippen LogP contribution in [-0.2, 0) is 6.42 Å². The SMILES string of the molecule is Nc1nc(CCCCCOc2ccc(Cl)cc2)c2ccccc2n1. The fraction of sp³-hybridized carbons (Fsp3) is 0.263. The van der Waals surface area contributed by atoms with Crippen LogP contribution in [0.1, 0.15) is 25.0 Å². The molecule has 0 saturated heterocycles. The minimum absolute atomic E-state index is 0.342. The van der Waals surface area contributed by atoms with Gasteiger partial charge in [0.1, 0.15) is 5.75 Å². The lowest BCUT2D eigenvalue weighted by molar-refractivity contribution is 0.305. The van der Waals surface area contributed by atoms with Crippen LogP contribution in [0.2, 0.25) is 5.02 Å². The summed E-state index contributed by atoms with van der Waals surface area (Å²) in [7, 11) is 0. The van der Waals surface area contributed by atoms with E-state index >= 15 is 0 Å². The number of para-hydroxylation sites is 1. The first-order chi connectivity index (χ1) is 11.7. The molecule has 0 aliphatic rings. The summed E-state index contributed by atoms with van der Waals surface area (Å²) >= 11 is 5.85. The summed E-state index contributed by atoms with van der Waals surface area (Å²) in [4.78, 5) is 8.67. The molecule has 0 bridgehead atoms. The predicted octanol–water partition coefficient (Wildman–Crippen LogP) is 4.66. The molecule has 0 amide bonds. The molecule has 1 heterocycles. The van der Waals surface area contributed by atoms with Crippen LogP contribution in [0.4, 0.5) is 5.95 Å². The van der Waals surface area contributed by atoms with Gasteiger partial charge in [-0.15, -0.1) is 0 Å². The fourth-order valence-corrected chi connectivity index (χ4v) is 2.77. The number of aryl methyl sites for hydroxylation is 1. The maximum absolute atomic E-state index is 5.85. The third-order valence-corrected chi connectivity index (χ3v) is 4.09. The number of unbranched alkanes of at least 4 members (excludes halogenated alkanes) is 2. The average Bonchev–Trinajstić information content (AvgIpc) is 2.59. The first kappa shape index (κ1) is 16.5. The van der Waals surface area contributed by atoms with Crippen molar-refractivity contribution in [3.8, 4) is 5.75 Å². The van der Waals surface area contributed by atoms with Gasteiger partial charge in [0.2, 0.25) is 5.95 Å². The van der Waals surface area contributed by atoms with E-state index in [0.717, 1.165) is 53.1 Å². The van der Waals surface area contributed by atoms with E-state index in [2.05, 4.69) is 9.97 Å². The van der Waals surface area contributed by atoms with Gasteiger partial charge in [-0.1, -0.05) is 29.8 Å². The highest BCUT2D eigenvalue weighted by molar-refractivity contribution is 6.30. The number of nitrogens with zero attached hydrogens (tertiary/aromatic N) is 2. The number of fused-ring (bicyclic) bond motifs is 1. The van der Waals surface area contributed by atoms with Gasteiger partial charge in [-0.05, 0) is 56.0 Å². The Hall–Kier alpha value is -2.33. The number of nitrogen functional groups attached to an aromatic ring is 1. The van der Waals surface area contributed by atoms with Gasteiger partial charge in [0.15, 0.2) is 0 Å². The van der Waals surface area contributed by atoms with Crippen molar-refractivity contribution in [1.82, 2.24) is 9.97 Å². The van der Waals surface area contributed by atoms with Crippen LogP contribution in [-0.4, -0.2) is 16.6 Å². The van der Waals surface area contributed by atoms with Gasteiger partial charge in [0, 0.05) is 10.4 Å². The minimum atomic E-state index is 0.342. The molecule has 0 spiro atoms. The van der Waals surface area contributed by atoms with Crippen LogP contribution >= 0.6 is 11.6 Å². The molecule has 24 heavy (non-hydrogen) atoms. The molecular formula is C19H20ClN3O. The minimum Gasteiger partial charge on any atom is -0.494 e. The van der Waals surface area contributed by atoms with Crippen molar-refractivity contribution >= 4 is 28.5 Å². The lowest BCUT2D eigenvalue weighted by Gasteiger charge is -2.08.